The van der Waals surface area contributed by atoms with Gasteiger partial charge in [-0.25, -0.2) is 0 Å². The van der Waals surface area contributed by atoms with E-state index >= 15 is 0 Å². The van der Waals surface area contributed by atoms with Crippen LogP contribution in [0.3, 0.4) is 0 Å². The first-order valence-electron chi connectivity index (χ1n) is 5.56. The van der Waals surface area contributed by atoms with Gasteiger partial charge in [-0.2, -0.15) is 5.10 Å². The average Bonchev–Trinajstić information content (AvgIpc) is 2.71. The summed E-state index contributed by atoms with van der Waals surface area (Å²) in [6.45, 7) is 3.14. The predicted molar refractivity (Wildman–Crippen MR) is 68.4 cm³/mol. The van der Waals surface area contributed by atoms with Gasteiger partial charge in [0.05, 0.1) is 11.7 Å². The van der Waals surface area contributed by atoms with E-state index in [0.29, 0.717) is 0 Å². The smallest absolute Gasteiger partial charge is 0.0653 e. The normalized spacial score (nSPS) is 11.6. The fourth-order valence-corrected chi connectivity index (χ4v) is 1.73. The molecule has 0 unspecified atom stereocenters. The van der Waals surface area contributed by atoms with Gasteiger partial charge >= 0.3 is 0 Å². The fourth-order valence-electron chi connectivity index (χ4n) is 1.73. The van der Waals surface area contributed by atoms with Gasteiger partial charge < -0.3 is 5.32 Å². The second-order valence-corrected chi connectivity index (χ2v) is 3.96. The molecule has 0 aliphatic rings. The van der Waals surface area contributed by atoms with Crippen molar-refractivity contribution >= 4 is 17.0 Å². The minimum absolute atomic E-state index is 1.02. The molecule has 2 rings (SSSR count). The van der Waals surface area contributed by atoms with Crippen molar-refractivity contribution in [3.8, 4) is 0 Å². The van der Waals surface area contributed by atoms with Crippen LogP contribution in [0.15, 0.2) is 24.4 Å². The van der Waals surface area contributed by atoms with Crippen LogP contribution in [0.4, 0.5) is 0 Å². The van der Waals surface area contributed by atoms with E-state index in [1.165, 1.54) is 16.5 Å². The number of hydrogen-bond acceptors (Lipinski definition) is 2. The Bertz CT molecular complexity index is 497. The molecule has 84 valence electrons. The Morgan fingerprint density at radius 2 is 2.31 bits per heavy atom. The molecule has 0 fully saturated rings. The summed E-state index contributed by atoms with van der Waals surface area (Å²) >= 11 is 0. The molecule has 0 aliphatic carbocycles. The van der Waals surface area contributed by atoms with Crippen molar-refractivity contribution in [1.29, 1.82) is 0 Å². The molecule has 3 nitrogen and oxygen atoms in total. The standard InChI is InChI=1S/C13H17N3/c1-10-7-13-12(9-15-16-13)8-11(10)5-3-4-6-14-2/h3,5,7-9,14H,4,6H2,1-2H3,(H,15,16). The molecule has 0 saturated heterocycles. The van der Waals surface area contributed by atoms with Crippen LogP contribution in [0.2, 0.25) is 0 Å². The number of aromatic amines is 1. The maximum atomic E-state index is 4.03. The molecular formula is C13H17N3. The summed E-state index contributed by atoms with van der Waals surface area (Å²) in [4.78, 5) is 0. The van der Waals surface area contributed by atoms with Crippen molar-refractivity contribution in [2.75, 3.05) is 13.6 Å². The van der Waals surface area contributed by atoms with Gasteiger partial charge in [0.15, 0.2) is 0 Å². The van der Waals surface area contributed by atoms with E-state index in [1.807, 2.05) is 13.2 Å². The first-order chi connectivity index (χ1) is 7.81. The number of hydrogen-bond donors (Lipinski definition) is 2. The fraction of sp³-hybridized carbons (Fsp3) is 0.308. The molecule has 2 N–H and O–H groups in total. The zero-order valence-corrected chi connectivity index (χ0v) is 9.75. The molecule has 2 aromatic rings. The van der Waals surface area contributed by atoms with Crippen LogP contribution in [-0.2, 0) is 0 Å². The van der Waals surface area contributed by atoms with E-state index in [2.05, 4.69) is 46.7 Å². The van der Waals surface area contributed by atoms with Crippen LogP contribution >= 0.6 is 0 Å². The Kier molecular flexibility index (Phi) is 3.37. The van der Waals surface area contributed by atoms with Crippen molar-refractivity contribution in [1.82, 2.24) is 15.5 Å². The molecule has 3 heteroatoms. The predicted octanol–water partition coefficient (Wildman–Crippen LogP) is 2.49. The first-order valence-corrected chi connectivity index (χ1v) is 5.56. The maximum Gasteiger partial charge on any atom is 0.0653 e. The summed E-state index contributed by atoms with van der Waals surface area (Å²) < 4.78 is 0. The largest absolute Gasteiger partial charge is 0.319 e. The summed E-state index contributed by atoms with van der Waals surface area (Å²) in [7, 11) is 1.97. The van der Waals surface area contributed by atoms with Gasteiger partial charge in [0.2, 0.25) is 0 Å². The van der Waals surface area contributed by atoms with Crippen LogP contribution in [0.1, 0.15) is 17.5 Å². The molecule has 16 heavy (non-hydrogen) atoms. The number of nitrogens with one attached hydrogen (secondary N) is 2. The lowest BCUT2D eigenvalue weighted by atomic mass is 10.1. The summed E-state index contributed by atoms with van der Waals surface area (Å²) in [5.41, 5.74) is 3.65. The number of H-pyrrole nitrogens is 1. The average molecular weight is 215 g/mol. The van der Waals surface area contributed by atoms with Crippen molar-refractivity contribution in [2.24, 2.45) is 0 Å². The zero-order valence-electron chi connectivity index (χ0n) is 9.75. The Hall–Kier alpha value is -1.61. The zero-order chi connectivity index (χ0) is 11.4. The van der Waals surface area contributed by atoms with Crippen LogP contribution in [-0.4, -0.2) is 23.8 Å². The highest BCUT2D eigenvalue weighted by Gasteiger charge is 1.99. The topological polar surface area (TPSA) is 40.7 Å². The third-order valence-electron chi connectivity index (χ3n) is 2.69. The number of nitrogens with zero attached hydrogens (tertiary/aromatic N) is 1. The summed E-state index contributed by atoms with van der Waals surface area (Å²) in [6.07, 6.45) is 7.29. The van der Waals surface area contributed by atoms with Gasteiger partial charge in [0, 0.05) is 5.39 Å². The van der Waals surface area contributed by atoms with Gasteiger partial charge in [-0.3, -0.25) is 5.10 Å². The molecule has 1 aromatic carbocycles. The van der Waals surface area contributed by atoms with Gasteiger partial charge in [-0.15, -0.1) is 0 Å². The van der Waals surface area contributed by atoms with Crippen LogP contribution in [0, 0.1) is 6.92 Å². The number of fused-ring (bicyclic) bond motifs is 1. The van der Waals surface area contributed by atoms with E-state index in [-0.39, 0.29) is 0 Å². The third kappa shape index (κ3) is 2.31. The Labute approximate surface area is 95.6 Å². The van der Waals surface area contributed by atoms with Crippen molar-refractivity contribution < 1.29 is 0 Å². The maximum absolute atomic E-state index is 4.03. The minimum Gasteiger partial charge on any atom is -0.319 e. The molecule has 0 aliphatic heterocycles. The molecule has 1 aromatic heterocycles. The number of benzene rings is 1. The van der Waals surface area contributed by atoms with Gasteiger partial charge in [-0.05, 0) is 50.2 Å². The molecule has 0 radical (unpaired) electrons. The highest BCUT2D eigenvalue weighted by molar-refractivity contribution is 5.82. The van der Waals surface area contributed by atoms with E-state index in [0.717, 1.165) is 18.5 Å². The van der Waals surface area contributed by atoms with E-state index in [1.54, 1.807) is 0 Å². The highest BCUT2D eigenvalue weighted by atomic mass is 15.1. The summed E-state index contributed by atoms with van der Waals surface area (Å²) in [5, 5.41) is 11.3. The Morgan fingerprint density at radius 1 is 1.44 bits per heavy atom. The van der Waals surface area contributed by atoms with Crippen LogP contribution in [0.25, 0.3) is 17.0 Å². The molecule has 0 amide bonds. The number of aromatic nitrogens is 2. The van der Waals surface area contributed by atoms with E-state index < -0.39 is 0 Å². The second-order valence-electron chi connectivity index (χ2n) is 3.96. The quantitative estimate of drug-likeness (QED) is 0.769. The van der Waals surface area contributed by atoms with E-state index in [9.17, 15) is 0 Å². The first kappa shape index (κ1) is 10.9. The molecular weight excluding hydrogens is 198 g/mol. The van der Waals surface area contributed by atoms with Crippen LogP contribution in [0.5, 0.6) is 0 Å². The molecule has 0 saturated carbocycles. The SMILES string of the molecule is CNCCC=Cc1cc2cn[nH]c2cc1C. The monoisotopic (exact) mass is 215 g/mol. The summed E-state index contributed by atoms with van der Waals surface area (Å²) in [5.74, 6) is 0. The summed E-state index contributed by atoms with van der Waals surface area (Å²) in [6, 6.07) is 4.31. The highest BCUT2D eigenvalue weighted by Crippen LogP contribution is 2.18. The Balaban J connectivity index is 2.22. The van der Waals surface area contributed by atoms with Gasteiger partial charge in [0.25, 0.3) is 0 Å². The van der Waals surface area contributed by atoms with Crippen molar-refractivity contribution in [3.63, 3.8) is 0 Å². The Morgan fingerprint density at radius 3 is 3.12 bits per heavy atom. The lowest BCUT2D eigenvalue weighted by Crippen LogP contribution is -2.05. The number of rotatable bonds is 4. The van der Waals surface area contributed by atoms with Gasteiger partial charge in [-0.1, -0.05) is 12.2 Å². The molecule has 0 atom stereocenters. The second kappa shape index (κ2) is 4.94. The lowest BCUT2D eigenvalue weighted by molar-refractivity contribution is 0.809. The number of aryl methyl sites for hydroxylation is 1. The lowest BCUT2D eigenvalue weighted by Gasteiger charge is -2.00. The van der Waals surface area contributed by atoms with Crippen molar-refractivity contribution in [2.45, 2.75) is 13.3 Å². The molecule has 0 spiro atoms. The molecule has 0 bridgehead atoms. The van der Waals surface area contributed by atoms with Crippen LogP contribution < -0.4 is 5.32 Å². The third-order valence-corrected chi connectivity index (χ3v) is 2.69. The molecule has 1 heterocycles. The van der Waals surface area contributed by atoms with Gasteiger partial charge in [0.1, 0.15) is 0 Å². The van der Waals surface area contributed by atoms with E-state index in [4.69, 9.17) is 0 Å². The minimum atomic E-state index is 1.02. The van der Waals surface area contributed by atoms with Crippen molar-refractivity contribution in [3.05, 3.63) is 35.5 Å².